The van der Waals surface area contributed by atoms with Gasteiger partial charge in [0.15, 0.2) is 0 Å². The van der Waals surface area contributed by atoms with Gasteiger partial charge in [0.2, 0.25) is 0 Å². The summed E-state index contributed by atoms with van der Waals surface area (Å²) in [5.41, 5.74) is 2.01. The van der Waals surface area contributed by atoms with Crippen LogP contribution in [-0.4, -0.2) is 44.0 Å². The lowest BCUT2D eigenvalue weighted by molar-refractivity contribution is 0.103. The summed E-state index contributed by atoms with van der Waals surface area (Å²) in [7, 11) is 4.27. The lowest BCUT2D eigenvalue weighted by atomic mass is 10.2. The highest BCUT2D eigenvalue weighted by Crippen LogP contribution is 2.29. The Morgan fingerprint density at radius 3 is 2.67 bits per heavy atom. The number of fused-ring (bicyclic) bond motifs is 1. The largest absolute Gasteiger partial charge is 0.370 e. The summed E-state index contributed by atoms with van der Waals surface area (Å²) in [4.78, 5) is 17.9. The molecule has 0 spiro atoms. The number of thiophene rings is 1. The second-order valence-electron chi connectivity index (χ2n) is 7.15. The first kappa shape index (κ1) is 18.3. The fourth-order valence-corrected chi connectivity index (χ4v) is 4.59. The number of carbonyl (C=O) groups excluding carboxylic acids is 1. The highest BCUT2D eigenvalue weighted by molar-refractivity contribution is 7.20. The van der Waals surface area contributed by atoms with Gasteiger partial charge >= 0.3 is 0 Å². The van der Waals surface area contributed by atoms with Gasteiger partial charge in [0.25, 0.3) is 5.91 Å². The zero-order valence-electron chi connectivity index (χ0n) is 15.4. The molecule has 1 unspecified atom stereocenters. The Morgan fingerprint density at radius 1 is 1.19 bits per heavy atom. The summed E-state index contributed by atoms with van der Waals surface area (Å²) in [6.45, 7) is 2.11. The second kappa shape index (κ2) is 7.50. The summed E-state index contributed by atoms with van der Waals surface area (Å²) in [6, 6.07) is 16.3. The van der Waals surface area contributed by atoms with Crippen LogP contribution in [0.2, 0.25) is 5.02 Å². The number of hydrogen-bond acceptors (Lipinski definition) is 4. The summed E-state index contributed by atoms with van der Waals surface area (Å²) < 4.78 is 1.06. The fraction of sp³-hybridized carbons (Fsp3) is 0.286. The van der Waals surface area contributed by atoms with Gasteiger partial charge in [-0.25, -0.2) is 0 Å². The maximum absolute atomic E-state index is 12.6. The topological polar surface area (TPSA) is 35.6 Å². The second-order valence-corrected chi connectivity index (χ2v) is 8.67. The molecule has 1 fully saturated rings. The van der Waals surface area contributed by atoms with Gasteiger partial charge in [0.1, 0.15) is 0 Å². The number of rotatable bonds is 4. The van der Waals surface area contributed by atoms with Gasteiger partial charge in [-0.3, -0.25) is 4.79 Å². The van der Waals surface area contributed by atoms with Crippen molar-refractivity contribution >= 4 is 50.3 Å². The Kier molecular flexibility index (Phi) is 5.08. The van der Waals surface area contributed by atoms with Crippen molar-refractivity contribution in [2.75, 3.05) is 37.4 Å². The van der Waals surface area contributed by atoms with Crippen LogP contribution in [0.15, 0.2) is 48.5 Å². The minimum Gasteiger partial charge on any atom is -0.370 e. The molecule has 1 atom stereocenters. The van der Waals surface area contributed by atoms with Gasteiger partial charge in [-0.15, -0.1) is 11.3 Å². The van der Waals surface area contributed by atoms with E-state index in [1.54, 1.807) is 0 Å². The third-order valence-electron chi connectivity index (χ3n) is 5.09. The quantitative estimate of drug-likeness (QED) is 0.674. The van der Waals surface area contributed by atoms with E-state index in [1.807, 2.05) is 36.4 Å². The van der Waals surface area contributed by atoms with Crippen LogP contribution >= 0.6 is 22.9 Å². The van der Waals surface area contributed by atoms with E-state index < -0.39 is 0 Å². The predicted molar refractivity (Wildman–Crippen MR) is 116 cm³/mol. The van der Waals surface area contributed by atoms with Crippen molar-refractivity contribution in [3.8, 4) is 0 Å². The predicted octanol–water partition coefficient (Wildman–Crippen LogP) is 4.95. The Hall–Kier alpha value is -2.08. The Morgan fingerprint density at radius 2 is 1.96 bits per heavy atom. The maximum Gasteiger partial charge on any atom is 0.265 e. The number of benzene rings is 2. The van der Waals surface area contributed by atoms with Crippen LogP contribution in [-0.2, 0) is 0 Å². The molecule has 0 bridgehead atoms. The molecular weight excluding hydrogens is 378 g/mol. The third-order valence-corrected chi connectivity index (χ3v) is 6.44. The SMILES string of the molecule is CN(C)C1CCN(c2ccc(NC(=O)c3cc4cc(Cl)ccc4s3)cc2)C1. The van der Waals surface area contributed by atoms with Crippen molar-refractivity contribution in [2.45, 2.75) is 12.5 Å². The van der Waals surface area contributed by atoms with E-state index >= 15 is 0 Å². The smallest absolute Gasteiger partial charge is 0.265 e. The van der Waals surface area contributed by atoms with Crippen LogP contribution in [0, 0.1) is 0 Å². The first-order valence-electron chi connectivity index (χ1n) is 9.01. The van der Waals surface area contributed by atoms with E-state index in [9.17, 15) is 4.79 Å². The third kappa shape index (κ3) is 3.95. The molecule has 1 saturated heterocycles. The van der Waals surface area contributed by atoms with Gasteiger partial charge in [-0.05, 0) is 74.4 Å². The summed E-state index contributed by atoms with van der Waals surface area (Å²) >= 11 is 7.51. The molecule has 0 saturated carbocycles. The number of nitrogens with zero attached hydrogens (tertiary/aromatic N) is 2. The number of amides is 1. The summed E-state index contributed by atoms with van der Waals surface area (Å²) in [5, 5.41) is 4.67. The van der Waals surface area contributed by atoms with Crippen LogP contribution in [0.25, 0.3) is 10.1 Å². The van der Waals surface area contributed by atoms with Crippen LogP contribution in [0.5, 0.6) is 0 Å². The molecule has 2 aromatic carbocycles. The van der Waals surface area contributed by atoms with E-state index in [-0.39, 0.29) is 5.91 Å². The average molecular weight is 400 g/mol. The number of halogens is 1. The van der Waals surface area contributed by atoms with Crippen molar-refractivity contribution in [1.29, 1.82) is 0 Å². The molecule has 0 radical (unpaired) electrons. The van der Waals surface area contributed by atoms with Gasteiger partial charge in [0, 0.05) is 40.2 Å². The monoisotopic (exact) mass is 399 g/mol. The van der Waals surface area contributed by atoms with E-state index in [1.165, 1.54) is 23.4 Å². The fourth-order valence-electron chi connectivity index (χ4n) is 3.47. The summed E-state index contributed by atoms with van der Waals surface area (Å²) in [6.07, 6.45) is 1.18. The maximum atomic E-state index is 12.6. The lowest BCUT2D eigenvalue weighted by Gasteiger charge is -2.22. The molecular formula is C21H22ClN3OS. The number of hydrogen-bond donors (Lipinski definition) is 1. The van der Waals surface area contributed by atoms with Crippen molar-refractivity contribution in [3.05, 3.63) is 58.4 Å². The molecule has 140 valence electrons. The Bertz CT molecular complexity index is 967. The Labute approximate surface area is 168 Å². The van der Waals surface area contributed by atoms with Gasteiger partial charge in [-0.2, -0.15) is 0 Å². The highest BCUT2D eigenvalue weighted by Gasteiger charge is 2.24. The van der Waals surface area contributed by atoms with Gasteiger partial charge in [-0.1, -0.05) is 11.6 Å². The van der Waals surface area contributed by atoms with Crippen molar-refractivity contribution in [3.63, 3.8) is 0 Å². The number of likely N-dealkylation sites (N-methyl/N-ethyl adjacent to an activating group) is 1. The summed E-state index contributed by atoms with van der Waals surface area (Å²) in [5.74, 6) is -0.0890. The van der Waals surface area contributed by atoms with E-state index in [0.717, 1.165) is 28.9 Å². The Balaban J connectivity index is 1.44. The van der Waals surface area contributed by atoms with Crippen molar-refractivity contribution in [2.24, 2.45) is 0 Å². The van der Waals surface area contributed by atoms with E-state index in [2.05, 4.69) is 41.3 Å². The van der Waals surface area contributed by atoms with Crippen molar-refractivity contribution < 1.29 is 4.79 Å². The van der Waals surface area contributed by atoms with Crippen molar-refractivity contribution in [1.82, 2.24) is 4.90 Å². The molecule has 1 aliphatic rings. The minimum absolute atomic E-state index is 0.0890. The molecule has 3 aromatic rings. The molecule has 1 aliphatic heterocycles. The number of carbonyl (C=O) groups is 1. The highest BCUT2D eigenvalue weighted by atomic mass is 35.5. The molecule has 2 heterocycles. The molecule has 4 rings (SSSR count). The molecule has 1 amide bonds. The zero-order chi connectivity index (χ0) is 19.0. The number of nitrogens with one attached hydrogen (secondary N) is 1. The molecule has 0 aliphatic carbocycles. The first-order valence-corrected chi connectivity index (χ1v) is 10.2. The van der Waals surface area contributed by atoms with Crippen LogP contribution in [0.1, 0.15) is 16.1 Å². The molecule has 27 heavy (non-hydrogen) atoms. The van der Waals surface area contributed by atoms with Crippen LogP contribution in [0.4, 0.5) is 11.4 Å². The molecule has 6 heteroatoms. The minimum atomic E-state index is -0.0890. The molecule has 1 N–H and O–H groups in total. The average Bonchev–Trinajstić information content (AvgIpc) is 3.29. The van der Waals surface area contributed by atoms with E-state index in [0.29, 0.717) is 15.9 Å². The zero-order valence-corrected chi connectivity index (χ0v) is 17.0. The van der Waals surface area contributed by atoms with E-state index in [4.69, 9.17) is 11.6 Å². The normalized spacial score (nSPS) is 17.0. The number of anilines is 2. The van der Waals surface area contributed by atoms with Gasteiger partial charge < -0.3 is 15.1 Å². The standard InChI is InChI=1S/C21H22ClN3OS/c1-24(2)18-9-10-25(13-18)17-6-4-16(5-7-17)23-21(26)20-12-14-11-15(22)3-8-19(14)27-20/h3-8,11-12,18H,9-10,13H2,1-2H3,(H,23,26). The van der Waals surface area contributed by atoms with Crippen LogP contribution in [0.3, 0.4) is 0 Å². The lowest BCUT2D eigenvalue weighted by Crippen LogP contribution is -2.31. The molecule has 1 aromatic heterocycles. The van der Waals surface area contributed by atoms with Crippen LogP contribution < -0.4 is 10.2 Å². The first-order chi connectivity index (χ1) is 13.0. The van der Waals surface area contributed by atoms with Gasteiger partial charge in [0.05, 0.1) is 4.88 Å². The molecule has 4 nitrogen and oxygen atoms in total.